The lowest BCUT2D eigenvalue weighted by Gasteiger charge is -2.37. The minimum atomic E-state index is -1.05. The summed E-state index contributed by atoms with van der Waals surface area (Å²) >= 11 is 6.26. The highest BCUT2D eigenvalue weighted by Gasteiger charge is 2.25. The molecule has 0 saturated carbocycles. The average molecular weight is 660 g/mol. The summed E-state index contributed by atoms with van der Waals surface area (Å²) in [5, 5.41) is 14.3. The molecule has 1 amide bonds. The Kier molecular flexibility index (Phi) is 8.71. The molecule has 9 nitrogen and oxygen atoms in total. The second kappa shape index (κ2) is 13.4. The van der Waals surface area contributed by atoms with Gasteiger partial charge in [0, 0.05) is 66.8 Å². The van der Waals surface area contributed by atoms with Gasteiger partial charge < -0.3 is 25.0 Å². The number of carboxylic acid groups (broad SMARTS) is 1. The number of nitrogens with one attached hydrogen (secondary N) is 2. The molecule has 0 unspecified atom stereocenters. The van der Waals surface area contributed by atoms with Crippen molar-refractivity contribution in [1.82, 2.24) is 14.9 Å². The fraction of sp³-hybridized carbons (Fsp3) is 0.184. The smallest absolute Gasteiger partial charge is 0.339 e. The second-order valence-corrected chi connectivity index (χ2v) is 12.4. The van der Waals surface area contributed by atoms with Gasteiger partial charge in [-0.1, -0.05) is 36.4 Å². The Hall–Kier alpha value is -5.38. The Bertz CT molecular complexity index is 2060. The van der Waals surface area contributed by atoms with E-state index in [4.69, 9.17) is 16.3 Å². The van der Waals surface area contributed by atoms with Crippen molar-refractivity contribution in [3.63, 3.8) is 0 Å². The van der Waals surface area contributed by atoms with Crippen LogP contribution in [0.15, 0.2) is 103 Å². The number of pyridine rings is 1. The number of piperazine rings is 1. The van der Waals surface area contributed by atoms with Gasteiger partial charge in [0.25, 0.3) is 0 Å². The normalized spacial score (nSPS) is 14.9. The summed E-state index contributed by atoms with van der Waals surface area (Å²) in [6.07, 6.45) is 6.45. The van der Waals surface area contributed by atoms with E-state index < -0.39 is 5.97 Å². The number of halogens is 1. The quantitative estimate of drug-likeness (QED) is 0.141. The van der Waals surface area contributed by atoms with Crippen LogP contribution in [0.1, 0.15) is 33.5 Å². The number of hydrogen-bond donors (Lipinski definition) is 3. The van der Waals surface area contributed by atoms with Crippen LogP contribution in [0.3, 0.4) is 0 Å². The zero-order valence-corrected chi connectivity index (χ0v) is 27.0. The molecule has 1 aliphatic heterocycles. The zero-order valence-electron chi connectivity index (χ0n) is 26.2. The molecule has 48 heavy (non-hydrogen) atoms. The van der Waals surface area contributed by atoms with E-state index in [-0.39, 0.29) is 17.2 Å². The highest BCUT2D eigenvalue weighted by atomic mass is 35.5. The number of aromatic amines is 1. The van der Waals surface area contributed by atoms with Crippen molar-refractivity contribution in [2.75, 3.05) is 42.9 Å². The first-order valence-electron chi connectivity index (χ1n) is 15.8. The van der Waals surface area contributed by atoms with E-state index in [0.717, 1.165) is 73.5 Å². The Morgan fingerprint density at radius 3 is 2.58 bits per heavy atom. The Morgan fingerprint density at radius 2 is 1.81 bits per heavy atom. The lowest BCUT2D eigenvalue weighted by molar-refractivity contribution is -0.111. The largest absolute Gasteiger partial charge is 0.478 e. The van der Waals surface area contributed by atoms with Gasteiger partial charge in [-0.2, -0.15) is 0 Å². The van der Waals surface area contributed by atoms with Crippen LogP contribution in [0, 0.1) is 0 Å². The summed E-state index contributed by atoms with van der Waals surface area (Å²) in [5.41, 5.74) is 8.59. The fourth-order valence-corrected chi connectivity index (χ4v) is 6.68. The molecule has 3 N–H and O–H groups in total. The molecular weight excluding hydrogens is 626 g/mol. The van der Waals surface area contributed by atoms with Gasteiger partial charge in [0.2, 0.25) is 5.91 Å². The number of carbonyl (C=O) groups excluding carboxylic acids is 1. The highest BCUT2D eigenvalue weighted by Crippen LogP contribution is 2.38. The average Bonchev–Trinajstić information content (AvgIpc) is 3.57. The fourth-order valence-electron chi connectivity index (χ4n) is 6.56. The summed E-state index contributed by atoms with van der Waals surface area (Å²) in [5.74, 6) is -0.519. The molecule has 242 valence electrons. The number of carbonyl (C=O) groups is 2. The second-order valence-electron chi connectivity index (χ2n) is 12.0. The van der Waals surface area contributed by atoms with Gasteiger partial charge in [0.1, 0.15) is 22.7 Å². The minimum absolute atomic E-state index is 0.0982. The molecule has 0 atom stereocenters. The van der Waals surface area contributed by atoms with Crippen molar-refractivity contribution in [3.8, 4) is 11.5 Å². The molecule has 3 aromatic carbocycles. The Labute approximate surface area is 283 Å². The Morgan fingerprint density at radius 1 is 1.00 bits per heavy atom. The van der Waals surface area contributed by atoms with Gasteiger partial charge >= 0.3 is 5.97 Å². The molecule has 2 aromatic heterocycles. The highest BCUT2D eigenvalue weighted by molar-refractivity contribution is 6.30. The predicted octanol–water partition coefficient (Wildman–Crippen LogP) is 7.40. The van der Waals surface area contributed by atoms with Gasteiger partial charge in [0.15, 0.2) is 0 Å². The maximum absolute atomic E-state index is 12.0. The van der Waals surface area contributed by atoms with Crippen molar-refractivity contribution < 1.29 is 19.4 Å². The van der Waals surface area contributed by atoms with E-state index in [9.17, 15) is 14.7 Å². The molecule has 0 spiro atoms. The van der Waals surface area contributed by atoms with Crippen molar-refractivity contribution in [3.05, 3.63) is 131 Å². The number of aryl methyl sites for hydroxylation is 1. The van der Waals surface area contributed by atoms with Crippen LogP contribution in [0.4, 0.5) is 11.4 Å². The van der Waals surface area contributed by atoms with Gasteiger partial charge in [-0.05, 0) is 95.3 Å². The number of ether oxygens (including phenoxy) is 1. The van der Waals surface area contributed by atoms with Crippen LogP contribution in [-0.2, 0) is 11.2 Å². The minimum Gasteiger partial charge on any atom is -0.478 e. The van der Waals surface area contributed by atoms with Crippen LogP contribution >= 0.6 is 11.6 Å². The topological polar surface area (TPSA) is 111 Å². The lowest BCUT2D eigenvalue weighted by Crippen LogP contribution is -2.47. The van der Waals surface area contributed by atoms with Crippen LogP contribution in [0.25, 0.3) is 16.6 Å². The van der Waals surface area contributed by atoms with Gasteiger partial charge in [-0.15, -0.1) is 0 Å². The molecule has 2 aliphatic rings. The lowest BCUT2D eigenvalue weighted by atomic mass is 9.81. The van der Waals surface area contributed by atoms with E-state index in [1.807, 2.05) is 42.5 Å². The maximum atomic E-state index is 12.0. The molecule has 5 aromatic rings. The standard InChI is InChI=1S/C38H34ClN5O4/c1-2-35(45)42-29-9-11-32-25(19-29)3-4-27(36(32)24-5-7-28(39)8-6-24)23-43-15-17-44(18-16-43)30-10-12-33(38(46)47)34(21-30)48-31-20-26-13-14-40-37(26)41-22-31/h2,5-14,19-22H,1,3-4,15-18,23H2,(H,40,41)(H,42,45)(H,46,47). The molecule has 7 rings (SSSR count). The first-order valence-corrected chi connectivity index (χ1v) is 16.2. The van der Waals surface area contributed by atoms with Gasteiger partial charge in [-0.25, -0.2) is 9.78 Å². The molecular formula is C38H34ClN5O4. The van der Waals surface area contributed by atoms with E-state index in [2.05, 4.69) is 55.9 Å². The third kappa shape index (κ3) is 6.56. The number of aromatic nitrogens is 2. The third-order valence-corrected chi connectivity index (χ3v) is 9.21. The molecule has 1 fully saturated rings. The van der Waals surface area contributed by atoms with E-state index >= 15 is 0 Å². The monoisotopic (exact) mass is 659 g/mol. The maximum Gasteiger partial charge on any atom is 0.339 e. The number of amides is 1. The number of hydrogen-bond acceptors (Lipinski definition) is 6. The van der Waals surface area contributed by atoms with Gasteiger partial charge in [0.05, 0.1) is 6.20 Å². The van der Waals surface area contributed by atoms with Crippen LogP contribution in [0.5, 0.6) is 11.5 Å². The van der Waals surface area contributed by atoms with E-state index in [1.54, 1.807) is 18.5 Å². The number of anilines is 2. The SMILES string of the molecule is C=CC(=O)Nc1ccc2c(c1)CCC(CN1CCN(c3ccc(C(=O)O)c(Oc4cnc5[nH]ccc5c4)c3)CC1)=C2c1ccc(Cl)cc1. The summed E-state index contributed by atoms with van der Waals surface area (Å²) in [7, 11) is 0. The summed E-state index contributed by atoms with van der Waals surface area (Å²) in [6.45, 7) is 7.66. The van der Waals surface area contributed by atoms with Crippen molar-refractivity contribution >= 4 is 51.5 Å². The number of rotatable bonds is 9. The van der Waals surface area contributed by atoms with Crippen LogP contribution in [0.2, 0.25) is 5.02 Å². The summed E-state index contributed by atoms with van der Waals surface area (Å²) < 4.78 is 6.09. The number of H-pyrrole nitrogens is 1. The summed E-state index contributed by atoms with van der Waals surface area (Å²) in [4.78, 5) is 36.1. The first-order chi connectivity index (χ1) is 23.3. The van der Waals surface area contributed by atoms with Crippen molar-refractivity contribution in [2.45, 2.75) is 12.8 Å². The predicted molar refractivity (Wildman–Crippen MR) is 189 cm³/mol. The molecule has 0 bridgehead atoms. The molecule has 1 saturated heterocycles. The molecule has 10 heteroatoms. The number of benzene rings is 3. The zero-order chi connectivity index (χ0) is 33.2. The Balaban J connectivity index is 1.10. The molecule has 0 radical (unpaired) electrons. The third-order valence-electron chi connectivity index (χ3n) is 8.96. The number of aromatic carboxylic acids is 1. The number of carboxylic acids is 1. The molecule has 1 aliphatic carbocycles. The summed E-state index contributed by atoms with van der Waals surface area (Å²) in [6, 6.07) is 23.1. The van der Waals surface area contributed by atoms with Gasteiger partial charge in [-0.3, -0.25) is 9.69 Å². The van der Waals surface area contributed by atoms with Crippen LogP contribution in [-0.4, -0.2) is 64.6 Å². The van der Waals surface area contributed by atoms with Crippen molar-refractivity contribution in [2.24, 2.45) is 0 Å². The number of fused-ring (bicyclic) bond motifs is 2. The molecule has 3 heterocycles. The van der Waals surface area contributed by atoms with Crippen LogP contribution < -0.4 is 15.0 Å². The van der Waals surface area contributed by atoms with Crippen molar-refractivity contribution in [1.29, 1.82) is 0 Å². The number of nitrogens with zero attached hydrogens (tertiary/aromatic N) is 3. The van der Waals surface area contributed by atoms with E-state index in [0.29, 0.717) is 10.8 Å². The first kappa shape index (κ1) is 31.2. The van der Waals surface area contributed by atoms with E-state index in [1.165, 1.54) is 28.3 Å².